The quantitative estimate of drug-likeness (QED) is 0.890. The van der Waals surface area contributed by atoms with Crippen LogP contribution in [0.4, 0.5) is 0 Å². The molecule has 0 aliphatic carbocycles. The van der Waals surface area contributed by atoms with Crippen molar-refractivity contribution in [2.45, 2.75) is 12.3 Å². The van der Waals surface area contributed by atoms with Crippen LogP contribution in [-0.2, 0) is 6.42 Å². The summed E-state index contributed by atoms with van der Waals surface area (Å²) in [6.07, 6.45) is 0.961. The molecule has 1 heterocycles. The Morgan fingerprint density at radius 2 is 1.86 bits per heavy atom. The van der Waals surface area contributed by atoms with Crippen LogP contribution in [0.5, 0.6) is 0 Å². The van der Waals surface area contributed by atoms with Gasteiger partial charge in [-0.05, 0) is 29.7 Å². The molecule has 2 nitrogen and oxygen atoms in total. The minimum absolute atomic E-state index is 0.0124. The Bertz CT molecular complexity index is 645. The third-order valence-corrected chi connectivity index (χ3v) is 5.46. The molecule has 2 atom stereocenters. The normalized spacial score (nSPS) is 24.6. The van der Waals surface area contributed by atoms with Crippen LogP contribution in [0.25, 0.3) is 0 Å². The molecule has 0 aromatic heterocycles. The Hall–Kier alpha value is -1.06. The van der Waals surface area contributed by atoms with Gasteiger partial charge in [0, 0.05) is 31.0 Å². The van der Waals surface area contributed by atoms with Gasteiger partial charge in [-0.25, -0.2) is 0 Å². The van der Waals surface area contributed by atoms with Crippen LogP contribution >= 0.6 is 23.2 Å². The van der Waals surface area contributed by atoms with Gasteiger partial charge in [-0.3, -0.25) is 0 Å². The van der Waals surface area contributed by atoms with Gasteiger partial charge >= 0.3 is 0 Å². The van der Waals surface area contributed by atoms with Crippen LogP contribution in [0.3, 0.4) is 0 Å². The van der Waals surface area contributed by atoms with E-state index in [2.05, 4.69) is 35.6 Å². The first-order valence-electron chi connectivity index (χ1n) is 7.54. The smallest absolute Gasteiger partial charge is 0.0595 e. The predicted octanol–water partition coefficient (Wildman–Crippen LogP) is 3.87. The second kappa shape index (κ2) is 6.59. The summed E-state index contributed by atoms with van der Waals surface area (Å²) in [5.41, 5.74) is 8.76. The second-order valence-electron chi connectivity index (χ2n) is 6.09. The zero-order valence-electron chi connectivity index (χ0n) is 12.4. The summed E-state index contributed by atoms with van der Waals surface area (Å²) in [7, 11) is 0. The molecule has 0 radical (unpaired) electrons. The number of halogens is 2. The van der Waals surface area contributed by atoms with Crippen molar-refractivity contribution in [3.8, 4) is 0 Å². The van der Waals surface area contributed by atoms with E-state index in [0.29, 0.717) is 22.5 Å². The summed E-state index contributed by atoms with van der Waals surface area (Å²) in [5, 5.41) is 4.71. The third kappa shape index (κ3) is 3.02. The number of benzene rings is 2. The molecule has 3 N–H and O–H groups in total. The SMILES string of the molecule is NC[C@]1(Cc2ccccc2)CNC[C@H]1c1ccc(Cl)c(Cl)c1. The van der Waals surface area contributed by atoms with Crippen molar-refractivity contribution < 1.29 is 0 Å². The molecule has 0 unspecified atom stereocenters. The van der Waals surface area contributed by atoms with Crippen molar-refractivity contribution in [3.63, 3.8) is 0 Å². The van der Waals surface area contributed by atoms with E-state index in [1.807, 2.05) is 18.2 Å². The van der Waals surface area contributed by atoms with E-state index >= 15 is 0 Å². The minimum Gasteiger partial charge on any atom is -0.330 e. The zero-order valence-corrected chi connectivity index (χ0v) is 13.9. The molecule has 4 heteroatoms. The molecule has 2 aromatic carbocycles. The topological polar surface area (TPSA) is 38.0 Å². The van der Waals surface area contributed by atoms with Gasteiger partial charge in [-0.2, -0.15) is 0 Å². The first-order valence-corrected chi connectivity index (χ1v) is 8.30. The predicted molar refractivity (Wildman–Crippen MR) is 93.7 cm³/mol. The van der Waals surface area contributed by atoms with E-state index in [1.165, 1.54) is 11.1 Å². The van der Waals surface area contributed by atoms with Gasteiger partial charge in [0.1, 0.15) is 0 Å². The lowest BCUT2D eigenvalue weighted by atomic mass is 9.70. The second-order valence-corrected chi connectivity index (χ2v) is 6.90. The fourth-order valence-corrected chi connectivity index (χ4v) is 3.79. The Morgan fingerprint density at radius 3 is 2.55 bits per heavy atom. The maximum atomic E-state index is 6.21. The largest absolute Gasteiger partial charge is 0.330 e. The number of hydrogen-bond acceptors (Lipinski definition) is 2. The first kappa shape index (κ1) is 15.8. The van der Waals surface area contributed by atoms with Crippen LogP contribution in [0.15, 0.2) is 48.5 Å². The van der Waals surface area contributed by atoms with Gasteiger partial charge in [0.2, 0.25) is 0 Å². The Kier molecular flexibility index (Phi) is 4.74. The standard InChI is InChI=1S/C18H20Cl2N2/c19-16-7-6-14(8-17(16)20)15-10-22-12-18(15,11-21)9-13-4-2-1-3-5-13/h1-8,15,22H,9-12,21H2/t15-,18+/m0/s1. The van der Waals surface area contributed by atoms with Gasteiger partial charge in [-0.1, -0.05) is 59.6 Å². The molecular formula is C18H20Cl2N2. The Labute approximate surface area is 141 Å². The van der Waals surface area contributed by atoms with Gasteiger partial charge in [-0.15, -0.1) is 0 Å². The van der Waals surface area contributed by atoms with Crippen LogP contribution in [0, 0.1) is 5.41 Å². The highest BCUT2D eigenvalue weighted by atomic mass is 35.5. The highest BCUT2D eigenvalue weighted by Crippen LogP contribution is 2.42. The monoisotopic (exact) mass is 334 g/mol. The fourth-order valence-electron chi connectivity index (χ4n) is 3.48. The molecule has 116 valence electrons. The average molecular weight is 335 g/mol. The minimum atomic E-state index is 0.0124. The van der Waals surface area contributed by atoms with Crippen LogP contribution in [0.2, 0.25) is 10.0 Å². The Morgan fingerprint density at radius 1 is 1.09 bits per heavy atom. The molecule has 1 fully saturated rings. The van der Waals surface area contributed by atoms with Gasteiger partial charge in [0.05, 0.1) is 10.0 Å². The van der Waals surface area contributed by atoms with Crippen LogP contribution in [0.1, 0.15) is 17.0 Å². The lowest BCUT2D eigenvalue weighted by Gasteiger charge is -2.34. The van der Waals surface area contributed by atoms with Crippen molar-refractivity contribution in [2.24, 2.45) is 11.1 Å². The van der Waals surface area contributed by atoms with E-state index in [4.69, 9.17) is 28.9 Å². The first-order chi connectivity index (χ1) is 10.6. The fraction of sp³-hybridized carbons (Fsp3) is 0.333. The maximum Gasteiger partial charge on any atom is 0.0595 e. The maximum absolute atomic E-state index is 6.21. The molecule has 0 spiro atoms. The number of hydrogen-bond donors (Lipinski definition) is 2. The van der Waals surface area contributed by atoms with E-state index < -0.39 is 0 Å². The number of nitrogens with two attached hydrogens (primary N) is 1. The molecule has 0 saturated carbocycles. The molecular weight excluding hydrogens is 315 g/mol. The average Bonchev–Trinajstić information content (AvgIpc) is 2.95. The van der Waals surface area contributed by atoms with E-state index in [9.17, 15) is 0 Å². The molecule has 0 amide bonds. The molecule has 0 bridgehead atoms. The lowest BCUT2D eigenvalue weighted by Crippen LogP contribution is -2.39. The van der Waals surface area contributed by atoms with Crippen molar-refractivity contribution in [1.82, 2.24) is 5.32 Å². The number of nitrogens with one attached hydrogen (secondary N) is 1. The van der Waals surface area contributed by atoms with E-state index in [-0.39, 0.29) is 5.41 Å². The molecule has 1 saturated heterocycles. The van der Waals surface area contributed by atoms with Crippen molar-refractivity contribution in [2.75, 3.05) is 19.6 Å². The van der Waals surface area contributed by atoms with Crippen molar-refractivity contribution >= 4 is 23.2 Å². The summed E-state index contributed by atoms with van der Waals surface area (Å²) < 4.78 is 0. The summed E-state index contributed by atoms with van der Waals surface area (Å²) in [5.74, 6) is 0.340. The zero-order chi connectivity index (χ0) is 15.6. The van der Waals surface area contributed by atoms with E-state index in [0.717, 1.165) is 19.5 Å². The molecule has 1 aliphatic rings. The highest BCUT2D eigenvalue weighted by Gasteiger charge is 2.42. The molecule has 2 aromatic rings. The van der Waals surface area contributed by atoms with Gasteiger partial charge in [0.25, 0.3) is 0 Å². The van der Waals surface area contributed by atoms with Crippen molar-refractivity contribution in [1.29, 1.82) is 0 Å². The van der Waals surface area contributed by atoms with Crippen LogP contribution < -0.4 is 11.1 Å². The Balaban J connectivity index is 1.93. The molecule has 22 heavy (non-hydrogen) atoms. The molecule has 3 rings (SSSR count). The van der Waals surface area contributed by atoms with E-state index in [1.54, 1.807) is 0 Å². The third-order valence-electron chi connectivity index (χ3n) is 4.72. The van der Waals surface area contributed by atoms with Crippen LogP contribution in [-0.4, -0.2) is 19.6 Å². The van der Waals surface area contributed by atoms with Gasteiger partial charge in [0.15, 0.2) is 0 Å². The summed E-state index contributed by atoms with van der Waals surface area (Å²) in [6.45, 7) is 2.48. The summed E-state index contributed by atoms with van der Waals surface area (Å²) in [4.78, 5) is 0. The summed E-state index contributed by atoms with van der Waals surface area (Å²) >= 11 is 12.3. The molecule has 1 aliphatic heterocycles. The lowest BCUT2D eigenvalue weighted by molar-refractivity contribution is 0.293. The number of rotatable bonds is 4. The van der Waals surface area contributed by atoms with Gasteiger partial charge < -0.3 is 11.1 Å². The summed E-state index contributed by atoms with van der Waals surface area (Å²) in [6, 6.07) is 16.5. The highest BCUT2D eigenvalue weighted by molar-refractivity contribution is 6.42. The van der Waals surface area contributed by atoms with Crippen molar-refractivity contribution in [3.05, 3.63) is 69.7 Å².